The first-order valence-electron chi connectivity index (χ1n) is 10.3. The molecule has 0 spiro atoms. The van der Waals surface area contributed by atoms with Crippen LogP contribution in [0.2, 0.25) is 0 Å². The highest BCUT2D eigenvalue weighted by Gasteiger charge is 2.32. The van der Waals surface area contributed by atoms with Gasteiger partial charge in [0, 0.05) is 26.2 Å². The zero-order valence-electron chi connectivity index (χ0n) is 17.6. The molecule has 1 heterocycles. The van der Waals surface area contributed by atoms with E-state index in [9.17, 15) is 22.0 Å². The molecule has 33 heavy (non-hydrogen) atoms. The van der Waals surface area contributed by atoms with Crippen LogP contribution in [0, 0.1) is 11.6 Å². The molecule has 4 rings (SSSR count). The Balaban J connectivity index is 1.55. The van der Waals surface area contributed by atoms with E-state index in [-0.39, 0.29) is 41.2 Å². The van der Waals surface area contributed by atoms with E-state index in [4.69, 9.17) is 5.11 Å². The fourth-order valence-electron chi connectivity index (χ4n) is 4.02. The lowest BCUT2D eigenvalue weighted by molar-refractivity contribution is 0.0696. The average Bonchev–Trinajstić information content (AvgIpc) is 2.82. The van der Waals surface area contributed by atoms with Crippen molar-refractivity contribution < 1.29 is 27.1 Å². The number of piperazine rings is 1. The first kappa shape index (κ1) is 23.0. The maximum atomic E-state index is 13.5. The van der Waals surface area contributed by atoms with E-state index in [0.29, 0.717) is 13.1 Å². The molecule has 0 unspecified atom stereocenters. The molecular weight excluding hydrogens is 450 g/mol. The van der Waals surface area contributed by atoms with E-state index in [1.165, 1.54) is 52.8 Å². The molecule has 9 heteroatoms. The van der Waals surface area contributed by atoms with Crippen LogP contribution in [0.15, 0.2) is 77.7 Å². The normalized spacial score (nSPS) is 15.6. The molecule has 0 atom stereocenters. The average molecular weight is 473 g/mol. The van der Waals surface area contributed by atoms with Gasteiger partial charge in [-0.2, -0.15) is 4.31 Å². The number of aromatic carboxylic acids is 1. The van der Waals surface area contributed by atoms with Crippen molar-refractivity contribution in [1.82, 2.24) is 9.21 Å². The molecule has 1 fully saturated rings. The molecule has 1 N–H and O–H groups in total. The van der Waals surface area contributed by atoms with Gasteiger partial charge in [0.1, 0.15) is 11.6 Å². The number of sulfonamides is 1. The van der Waals surface area contributed by atoms with Crippen molar-refractivity contribution in [1.29, 1.82) is 0 Å². The lowest BCUT2D eigenvalue weighted by Gasteiger charge is -2.39. The number of carboxylic acids is 1. The summed E-state index contributed by atoms with van der Waals surface area (Å²) in [5.74, 6) is -1.84. The van der Waals surface area contributed by atoms with Crippen molar-refractivity contribution in [3.63, 3.8) is 0 Å². The van der Waals surface area contributed by atoms with Gasteiger partial charge in [0.25, 0.3) is 0 Å². The largest absolute Gasteiger partial charge is 0.478 e. The van der Waals surface area contributed by atoms with Crippen LogP contribution in [0.4, 0.5) is 8.78 Å². The highest BCUT2D eigenvalue weighted by molar-refractivity contribution is 7.89. The number of carbonyl (C=O) groups is 1. The van der Waals surface area contributed by atoms with Gasteiger partial charge in [0.2, 0.25) is 10.0 Å². The van der Waals surface area contributed by atoms with Crippen LogP contribution in [0.1, 0.15) is 27.5 Å². The number of benzene rings is 3. The van der Waals surface area contributed by atoms with Crippen LogP contribution in [-0.2, 0) is 10.0 Å². The van der Waals surface area contributed by atoms with Gasteiger partial charge in [-0.25, -0.2) is 22.0 Å². The SMILES string of the molecule is O=C(O)c1ccc(S(=O)(=O)N2CCN(C(c3ccc(F)cc3)c3ccc(F)cc3)CC2)cc1. The van der Waals surface area contributed by atoms with E-state index >= 15 is 0 Å². The van der Waals surface area contributed by atoms with E-state index in [1.807, 2.05) is 0 Å². The number of hydrogen-bond donors (Lipinski definition) is 1. The summed E-state index contributed by atoms with van der Waals surface area (Å²) in [6.45, 7) is 1.27. The molecule has 1 aliphatic rings. The highest BCUT2D eigenvalue weighted by Crippen LogP contribution is 2.31. The molecule has 3 aromatic rings. The van der Waals surface area contributed by atoms with E-state index in [0.717, 1.165) is 11.1 Å². The van der Waals surface area contributed by atoms with Gasteiger partial charge in [-0.05, 0) is 59.7 Å². The fourth-order valence-corrected chi connectivity index (χ4v) is 5.45. The molecule has 0 radical (unpaired) electrons. The summed E-state index contributed by atoms with van der Waals surface area (Å²) in [5, 5.41) is 9.02. The van der Waals surface area contributed by atoms with Crippen LogP contribution in [0.25, 0.3) is 0 Å². The summed E-state index contributed by atoms with van der Waals surface area (Å²) >= 11 is 0. The summed E-state index contributed by atoms with van der Waals surface area (Å²) in [4.78, 5) is 13.1. The van der Waals surface area contributed by atoms with Crippen LogP contribution in [-0.4, -0.2) is 54.9 Å². The summed E-state index contributed by atoms with van der Waals surface area (Å²) in [7, 11) is -3.78. The Kier molecular flexibility index (Phi) is 6.55. The Morgan fingerprint density at radius 1 is 0.758 bits per heavy atom. The Hall–Kier alpha value is -3.14. The molecule has 0 saturated carbocycles. The zero-order chi connectivity index (χ0) is 23.6. The monoisotopic (exact) mass is 472 g/mol. The molecule has 0 aromatic heterocycles. The van der Waals surface area contributed by atoms with E-state index in [1.54, 1.807) is 24.3 Å². The molecular formula is C24H22F2N2O4S. The van der Waals surface area contributed by atoms with E-state index in [2.05, 4.69) is 4.90 Å². The highest BCUT2D eigenvalue weighted by atomic mass is 32.2. The first-order valence-corrected chi connectivity index (χ1v) is 11.8. The van der Waals surface area contributed by atoms with Gasteiger partial charge < -0.3 is 5.11 Å². The molecule has 1 aliphatic heterocycles. The molecule has 172 valence electrons. The van der Waals surface area contributed by atoms with Crippen LogP contribution < -0.4 is 0 Å². The summed E-state index contributed by atoms with van der Waals surface area (Å²) in [6.07, 6.45) is 0. The second-order valence-corrected chi connectivity index (χ2v) is 9.71. The quantitative estimate of drug-likeness (QED) is 0.591. The molecule has 3 aromatic carbocycles. The number of carboxylic acid groups (broad SMARTS) is 1. The Morgan fingerprint density at radius 2 is 1.21 bits per heavy atom. The fraction of sp³-hybridized carbons (Fsp3) is 0.208. The van der Waals surface area contributed by atoms with Gasteiger partial charge in [0.05, 0.1) is 16.5 Å². The van der Waals surface area contributed by atoms with Crippen molar-refractivity contribution >= 4 is 16.0 Å². The zero-order valence-corrected chi connectivity index (χ0v) is 18.4. The van der Waals surface area contributed by atoms with Crippen molar-refractivity contribution in [3.05, 3.63) is 101 Å². The summed E-state index contributed by atoms with van der Waals surface area (Å²) < 4.78 is 54.4. The Morgan fingerprint density at radius 3 is 1.64 bits per heavy atom. The molecule has 0 amide bonds. The Labute approximate surface area is 190 Å². The van der Waals surface area contributed by atoms with Gasteiger partial charge in [-0.3, -0.25) is 4.90 Å². The second-order valence-electron chi connectivity index (χ2n) is 7.78. The van der Waals surface area contributed by atoms with Crippen LogP contribution in [0.3, 0.4) is 0 Å². The van der Waals surface area contributed by atoms with E-state index < -0.39 is 16.0 Å². The number of rotatable bonds is 6. The van der Waals surface area contributed by atoms with Crippen molar-refractivity contribution in [2.75, 3.05) is 26.2 Å². The minimum atomic E-state index is -3.78. The van der Waals surface area contributed by atoms with Gasteiger partial charge in [0.15, 0.2) is 0 Å². The lowest BCUT2D eigenvalue weighted by Crippen LogP contribution is -2.49. The van der Waals surface area contributed by atoms with Crippen molar-refractivity contribution in [3.8, 4) is 0 Å². The summed E-state index contributed by atoms with van der Waals surface area (Å²) in [5.41, 5.74) is 1.66. The predicted molar refractivity (Wildman–Crippen MR) is 118 cm³/mol. The Bertz CT molecular complexity index is 1180. The topological polar surface area (TPSA) is 77.9 Å². The first-order chi connectivity index (χ1) is 15.8. The van der Waals surface area contributed by atoms with Crippen molar-refractivity contribution in [2.24, 2.45) is 0 Å². The number of halogens is 2. The van der Waals surface area contributed by atoms with Crippen LogP contribution >= 0.6 is 0 Å². The molecule has 0 bridgehead atoms. The van der Waals surface area contributed by atoms with Crippen molar-refractivity contribution in [2.45, 2.75) is 10.9 Å². The molecule has 6 nitrogen and oxygen atoms in total. The molecule has 1 saturated heterocycles. The third kappa shape index (κ3) is 4.95. The number of nitrogens with zero attached hydrogens (tertiary/aromatic N) is 2. The van der Waals surface area contributed by atoms with Gasteiger partial charge in [-0.15, -0.1) is 0 Å². The molecule has 0 aliphatic carbocycles. The third-order valence-corrected chi connectivity index (χ3v) is 7.66. The summed E-state index contributed by atoms with van der Waals surface area (Å²) in [6, 6.07) is 17.0. The predicted octanol–water partition coefficient (Wildman–Crippen LogP) is 3.76. The maximum Gasteiger partial charge on any atom is 0.335 e. The van der Waals surface area contributed by atoms with Gasteiger partial charge in [-0.1, -0.05) is 24.3 Å². The third-order valence-electron chi connectivity index (χ3n) is 5.75. The smallest absolute Gasteiger partial charge is 0.335 e. The lowest BCUT2D eigenvalue weighted by atomic mass is 9.96. The second kappa shape index (κ2) is 9.38. The maximum absolute atomic E-state index is 13.5. The minimum absolute atomic E-state index is 0.0141. The van der Waals surface area contributed by atoms with Crippen LogP contribution in [0.5, 0.6) is 0 Å². The number of hydrogen-bond acceptors (Lipinski definition) is 4. The standard InChI is InChI=1S/C24H22F2N2O4S/c25-20-7-1-17(2-8-20)23(18-3-9-21(26)10-4-18)27-13-15-28(16-14-27)33(31,32)22-11-5-19(6-12-22)24(29)30/h1-12,23H,13-16H2,(H,29,30). The minimum Gasteiger partial charge on any atom is -0.478 e. The van der Waals surface area contributed by atoms with Gasteiger partial charge >= 0.3 is 5.97 Å².